The average Bonchev–Trinajstić information content (AvgIpc) is 3.18. The lowest BCUT2D eigenvalue weighted by molar-refractivity contribution is -0.122. The van der Waals surface area contributed by atoms with E-state index in [9.17, 15) is 9.18 Å². The van der Waals surface area contributed by atoms with Gasteiger partial charge >= 0.3 is 0 Å². The number of amides is 1. The molecule has 0 bridgehead atoms. The van der Waals surface area contributed by atoms with E-state index in [2.05, 4.69) is 15.6 Å². The molecule has 1 aliphatic rings. The van der Waals surface area contributed by atoms with Crippen molar-refractivity contribution in [1.82, 2.24) is 20.3 Å². The monoisotopic (exact) mass is 318 g/mol. The van der Waals surface area contributed by atoms with Crippen molar-refractivity contribution in [3.63, 3.8) is 0 Å². The molecule has 1 aromatic heterocycles. The number of hydrogen-bond acceptors (Lipinski definition) is 4. The van der Waals surface area contributed by atoms with Crippen molar-refractivity contribution in [2.45, 2.75) is 44.9 Å². The zero-order valence-electron chi connectivity index (χ0n) is 12.7. The molecule has 0 aliphatic heterocycles. The smallest absolute Gasteiger partial charge is 0.242 e. The highest BCUT2D eigenvalue weighted by atomic mass is 19.1. The van der Waals surface area contributed by atoms with E-state index in [1.54, 1.807) is 24.4 Å². The molecule has 2 aromatic rings. The summed E-state index contributed by atoms with van der Waals surface area (Å²) in [6.45, 7) is 0.231. The van der Waals surface area contributed by atoms with Crippen LogP contribution in [-0.2, 0) is 17.9 Å². The second-order valence-electron chi connectivity index (χ2n) is 5.68. The van der Waals surface area contributed by atoms with Crippen molar-refractivity contribution in [1.29, 1.82) is 0 Å². The largest absolute Gasteiger partial charge is 0.484 e. The van der Waals surface area contributed by atoms with Crippen molar-refractivity contribution < 1.29 is 13.9 Å². The molecule has 0 spiro atoms. The molecule has 0 radical (unpaired) electrons. The molecule has 1 saturated carbocycles. The molecule has 1 aromatic carbocycles. The van der Waals surface area contributed by atoms with E-state index < -0.39 is 5.82 Å². The Balaban J connectivity index is 1.49. The summed E-state index contributed by atoms with van der Waals surface area (Å²) in [5, 5.41) is 10.8. The van der Waals surface area contributed by atoms with Crippen LogP contribution < -0.4 is 10.1 Å². The molecular formula is C16H19FN4O2. The number of halogens is 1. The van der Waals surface area contributed by atoms with Gasteiger partial charge in [0.2, 0.25) is 5.91 Å². The zero-order chi connectivity index (χ0) is 16.1. The maximum Gasteiger partial charge on any atom is 0.242 e. The Bertz CT molecular complexity index is 668. The van der Waals surface area contributed by atoms with Gasteiger partial charge in [-0.05, 0) is 25.0 Å². The van der Waals surface area contributed by atoms with Crippen LogP contribution in [0.1, 0.15) is 31.4 Å². The van der Waals surface area contributed by atoms with Crippen LogP contribution in [0, 0.1) is 5.82 Å². The number of nitrogens with one attached hydrogen (secondary N) is 1. The third-order valence-corrected chi connectivity index (χ3v) is 3.82. The highest BCUT2D eigenvalue weighted by Gasteiger charge is 2.17. The van der Waals surface area contributed by atoms with Crippen LogP contribution in [0.2, 0.25) is 0 Å². The van der Waals surface area contributed by atoms with Gasteiger partial charge in [0.1, 0.15) is 18.8 Å². The fraction of sp³-hybridized carbons (Fsp3) is 0.438. The molecule has 122 valence electrons. The van der Waals surface area contributed by atoms with Gasteiger partial charge in [-0.3, -0.25) is 4.79 Å². The van der Waals surface area contributed by atoms with E-state index in [1.165, 1.54) is 23.6 Å². The van der Waals surface area contributed by atoms with Gasteiger partial charge in [0.05, 0.1) is 6.20 Å². The summed E-state index contributed by atoms with van der Waals surface area (Å²) < 4.78 is 20.3. The van der Waals surface area contributed by atoms with Crippen molar-refractivity contribution in [3.8, 4) is 5.75 Å². The lowest BCUT2D eigenvalue weighted by Crippen LogP contribution is -2.35. The van der Waals surface area contributed by atoms with Gasteiger partial charge in [-0.2, -0.15) is 0 Å². The molecule has 0 saturated heterocycles. The lowest BCUT2D eigenvalue weighted by Gasteiger charge is -2.11. The molecule has 0 unspecified atom stereocenters. The van der Waals surface area contributed by atoms with Crippen molar-refractivity contribution in [3.05, 3.63) is 42.0 Å². The highest BCUT2D eigenvalue weighted by molar-refractivity contribution is 5.75. The van der Waals surface area contributed by atoms with E-state index in [0.717, 1.165) is 12.8 Å². The summed E-state index contributed by atoms with van der Waals surface area (Å²) in [6.07, 6.45) is 6.07. The Morgan fingerprint density at radius 3 is 2.91 bits per heavy atom. The molecule has 6 nitrogen and oxygen atoms in total. The maximum absolute atomic E-state index is 13.4. The number of hydrogen-bond donors (Lipinski definition) is 1. The average molecular weight is 318 g/mol. The Hall–Kier alpha value is -2.44. The zero-order valence-corrected chi connectivity index (χ0v) is 12.7. The fourth-order valence-corrected chi connectivity index (χ4v) is 2.69. The first-order chi connectivity index (χ1) is 11.2. The quantitative estimate of drug-likeness (QED) is 0.885. The van der Waals surface area contributed by atoms with E-state index in [0.29, 0.717) is 5.69 Å². The summed E-state index contributed by atoms with van der Waals surface area (Å²) in [4.78, 5) is 11.9. The number of benzene rings is 1. The maximum atomic E-state index is 13.4. The number of carbonyl (C=O) groups excluding carboxylic acids is 1. The van der Waals surface area contributed by atoms with Gasteiger partial charge in [-0.15, -0.1) is 5.10 Å². The van der Waals surface area contributed by atoms with Crippen molar-refractivity contribution in [2.75, 3.05) is 0 Å². The molecule has 1 N–H and O–H groups in total. The number of rotatable bonds is 6. The summed E-state index contributed by atoms with van der Waals surface area (Å²) in [6, 6.07) is 6.47. The van der Waals surface area contributed by atoms with Crippen molar-refractivity contribution >= 4 is 5.91 Å². The highest BCUT2D eigenvalue weighted by Crippen LogP contribution is 2.18. The second kappa shape index (κ2) is 7.21. The Morgan fingerprint density at radius 2 is 2.13 bits per heavy atom. The van der Waals surface area contributed by atoms with Gasteiger partial charge in [0, 0.05) is 6.04 Å². The Labute approximate surface area is 133 Å². The lowest BCUT2D eigenvalue weighted by atomic mass is 10.2. The third kappa shape index (κ3) is 4.28. The predicted octanol–water partition coefficient (Wildman–Crippen LogP) is 2.05. The SMILES string of the molecule is O=C(Cn1cc(COc2ccccc2F)nn1)NC1CCCC1. The second-order valence-corrected chi connectivity index (χ2v) is 5.68. The van der Waals surface area contributed by atoms with Gasteiger partial charge in [0.25, 0.3) is 0 Å². The first-order valence-electron chi connectivity index (χ1n) is 7.76. The summed E-state index contributed by atoms with van der Waals surface area (Å²) in [7, 11) is 0. The van der Waals surface area contributed by atoms with Crippen LogP contribution in [0.3, 0.4) is 0 Å². The summed E-state index contributed by atoms with van der Waals surface area (Å²) in [5.74, 6) is -0.319. The number of nitrogens with zero attached hydrogens (tertiary/aromatic N) is 3. The number of aromatic nitrogens is 3. The molecule has 1 aliphatic carbocycles. The normalized spacial score (nSPS) is 14.8. The molecule has 0 atom stereocenters. The molecule has 23 heavy (non-hydrogen) atoms. The molecule has 3 rings (SSSR count). The minimum atomic E-state index is -0.421. The minimum Gasteiger partial charge on any atom is -0.484 e. The van der Waals surface area contributed by atoms with Gasteiger partial charge in [-0.25, -0.2) is 9.07 Å². The van der Waals surface area contributed by atoms with Gasteiger partial charge in [-0.1, -0.05) is 30.2 Å². The van der Waals surface area contributed by atoms with Gasteiger partial charge in [0.15, 0.2) is 11.6 Å². The molecule has 1 amide bonds. The molecular weight excluding hydrogens is 299 g/mol. The summed E-state index contributed by atoms with van der Waals surface area (Å²) >= 11 is 0. The van der Waals surface area contributed by atoms with Crippen LogP contribution in [-0.4, -0.2) is 26.9 Å². The number of carbonyl (C=O) groups is 1. The minimum absolute atomic E-state index is 0.0663. The Kier molecular flexibility index (Phi) is 4.85. The molecule has 1 fully saturated rings. The van der Waals surface area contributed by atoms with Crippen LogP contribution in [0.25, 0.3) is 0 Å². The van der Waals surface area contributed by atoms with E-state index in [1.807, 2.05) is 0 Å². The molecule has 1 heterocycles. The first-order valence-corrected chi connectivity index (χ1v) is 7.76. The first kappa shape index (κ1) is 15.5. The summed E-state index contributed by atoms with van der Waals surface area (Å²) in [5.41, 5.74) is 0.543. The van der Waals surface area contributed by atoms with Crippen LogP contribution in [0.5, 0.6) is 5.75 Å². The van der Waals surface area contributed by atoms with Crippen LogP contribution in [0.4, 0.5) is 4.39 Å². The fourth-order valence-electron chi connectivity index (χ4n) is 2.69. The molecule has 7 heteroatoms. The van der Waals surface area contributed by atoms with Crippen molar-refractivity contribution in [2.24, 2.45) is 0 Å². The number of ether oxygens (including phenoxy) is 1. The number of para-hydroxylation sites is 1. The van der Waals surface area contributed by atoms with Crippen LogP contribution >= 0.6 is 0 Å². The topological polar surface area (TPSA) is 69.0 Å². The van der Waals surface area contributed by atoms with E-state index in [-0.39, 0.29) is 30.9 Å². The Morgan fingerprint density at radius 1 is 1.35 bits per heavy atom. The van der Waals surface area contributed by atoms with E-state index in [4.69, 9.17) is 4.74 Å². The predicted molar refractivity (Wildman–Crippen MR) is 81.2 cm³/mol. The van der Waals surface area contributed by atoms with Gasteiger partial charge < -0.3 is 10.1 Å². The van der Waals surface area contributed by atoms with Crippen LogP contribution in [0.15, 0.2) is 30.5 Å². The standard InChI is InChI=1S/C16H19FN4O2/c17-14-7-3-4-8-15(14)23-11-13-9-21(20-19-13)10-16(22)18-12-5-1-2-6-12/h3-4,7-9,12H,1-2,5-6,10-11H2,(H,18,22). The third-order valence-electron chi connectivity index (χ3n) is 3.82. The van der Waals surface area contributed by atoms with E-state index >= 15 is 0 Å².